The van der Waals surface area contributed by atoms with Gasteiger partial charge in [0.1, 0.15) is 11.6 Å². The van der Waals surface area contributed by atoms with E-state index < -0.39 is 0 Å². The van der Waals surface area contributed by atoms with Crippen LogP contribution in [0.3, 0.4) is 0 Å². The Morgan fingerprint density at radius 3 is 3.13 bits per heavy atom. The van der Waals surface area contributed by atoms with E-state index in [0.717, 1.165) is 48.7 Å². The molecule has 2 aromatic rings. The highest BCUT2D eigenvalue weighted by molar-refractivity contribution is 7.13. The number of ether oxygens (including phenoxy) is 1. The summed E-state index contributed by atoms with van der Waals surface area (Å²) in [4.78, 5) is 15.9. The van der Waals surface area contributed by atoms with Crippen LogP contribution in [0, 0.1) is 6.92 Å². The summed E-state index contributed by atoms with van der Waals surface area (Å²) >= 11 is 1.57. The summed E-state index contributed by atoms with van der Waals surface area (Å²) in [5.74, 6) is 2.09. The van der Waals surface area contributed by atoms with E-state index >= 15 is 0 Å². The molecule has 0 aromatic carbocycles. The molecule has 0 saturated carbocycles. The molecule has 1 atom stereocenters. The number of aromatic nitrogens is 3. The minimum atomic E-state index is 0.458. The van der Waals surface area contributed by atoms with Crippen molar-refractivity contribution in [1.82, 2.24) is 19.9 Å². The van der Waals surface area contributed by atoms with Crippen LogP contribution in [0.15, 0.2) is 17.6 Å². The largest absolute Gasteiger partial charge is 0.383 e. The van der Waals surface area contributed by atoms with Gasteiger partial charge in [0.05, 0.1) is 12.3 Å². The smallest absolute Gasteiger partial charge is 0.188 e. The minimum Gasteiger partial charge on any atom is -0.383 e. The first kappa shape index (κ1) is 16.3. The minimum absolute atomic E-state index is 0.458. The molecule has 1 fully saturated rings. The highest BCUT2D eigenvalue weighted by atomic mass is 32.1. The molecule has 1 aliphatic heterocycles. The summed E-state index contributed by atoms with van der Waals surface area (Å²) in [6.45, 7) is 5.90. The second-order valence-electron chi connectivity index (χ2n) is 5.82. The zero-order valence-corrected chi connectivity index (χ0v) is 14.5. The van der Waals surface area contributed by atoms with E-state index in [0.29, 0.717) is 5.92 Å². The first-order valence-corrected chi connectivity index (χ1v) is 8.86. The topological polar surface area (TPSA) is 63.2 Å². The number of rotatable bonds is 6. The Morgan fingerprint density at radius 1 is 1.43 bits per heavy atom. The maximum Gasteiger partial charge on any atom is 0.188 e. The second kappa shape index (κ2) is 7.81. The Kier molecular flexibility index (Phi) is 5.53. The standard InChI is InChI=1S/C16H23N5OS/c1-12-18-14(10-15(19-12)20-16-17-5-9-23-16)13-4-3-6-21(11-13)7-8-22-2/h5,9-10,13H,3-4,6-8,11H2,1-2H3,(H,17,18,19,20). The normalized spacial score (nSPS) is 19.0. The summed E-state index contributed by atoms with van der Waals surface area (Å²) < 4.78 is 5.20. The summed E-state index contributed by atoms with van der Waals surface area (Å²) in [7, 11) is 1.76. The van der Waals surface area contributed by atoms with E-state index in [-0.39, 0.29) is 0 Å². The lowest BCUT2D eigenvalue weighted by molar-refractivity contribution is 0.127. The van der Waals surface area contributed by atoms with E-state index in [9.17, 15) is 0 Å². The number of hydrogen-bond acceptors (Lipinski definition) is 7. The van der Waals surface area contributed by atoms with Gasteiger partial charge in [-0.2, -0.15) is 0 Å². The van der Waals surface area contributed by atoms with Crippen molar-refractivity contribution >= 4 is 22.3 Å². The number of hydrogen-bond donors (Lipinski definition) is 1. The molecule has 0 radical (unpaired) electrons. The third kappa shape index (κ3) is 4.46. The number of anilines is 2. The number of nitrogens with zero attached hydrogens (tertiary/aromatic N) is 4. The van der Waals surface area contributed by atoms with Gasteiger partial charge in [0.15, 0.2) is 5.13 Å². The van der Waals surface area contributed by atoms with Gasteiger partial charge in [0, 0.05) is 43.8 Å². The van der Waals surface area contributed by atoms with Crippen molar-refractivity contribution in [3.05, 3.63) is 29.2 Å². The molecule has 1 N–H and O–H groups in total. The summed E-state index contributed by atoms with van der Waals surface area (Å²) in [5.41, 5.74) is 1.12. The quantitative estimate of drug-likeness (QED) is 0.877. The van der Waals surface area contributed by atoms with Crippen molar-refractivity contribution < 1.29 is 4.74 Å². The van der Waals surface area contributed by atoms with Crippen molar-refractivity contribution in [1.29, 1.82) is 0 Å². The molecule has 1 saturated heterocycles. The molecule has 1 unspecified atom stereocenters. The lowest BCUT2D eigenvalue weighted by atomic mass is 9.94. The monoisotopic (exact) mass is 333 g/mol. The summed E-state index contributed by atoms with van der Waals surface area (Å²) in [6, 6.07) is 2.07. The molecule has 7 heteroatoms. The van der Waals surface area contributed by atoms with E-state index in [4.69, 9.17) is 4.74 Å². The fraction of sp³-hybridized carbons (Fsp3) is 0.562. The first-order chi connectivity index (χ1) is 11.2. The molecule has 3 heterocycles. The van der Waals surface area contributed by atoms with E-state index in [2.05, 4.69) is 31.2 Å². The number of thiazole rings is 1. The number of aryl methyl sites for hydroxylation is 1. The molecule has 2 aromatic heterocycles. The van der Waals surface area contributed by atoms with Crippen LogP contribution in [0.1, 0.15) is 30.3 Å². The van der Waals surface area contributed by atoms with Crippen LogP contribution in [0.5, 0.6) is 0 Å². The number of methoxy groups -OCH3 is 1. The van der Waals surface area contributed by atoms with Crippen LogP contribution < -0.4 is 5.32 Å². The predicted molar refractivity (Wildman–Crippen MR) is 92.5 cm³/mol. The van der Waals surface area contributed by atoms with Crippen LogP contribution in [-0.2, 0) is 4.74 Å². The Morgan fingerprint density at radius 2 is 2.35 bits per heavy atom. The van der Waals surface area contributed by atoms with Crippen molar-refractivity contribution in [2.45, 2.75) is 25.7 Å². The first-order valence-electron chi connectivity index (χ1n) is 7.98. The zero-order chi connectivity index (χ0) is 16.1. The Bertz CT molecular complexity index is 619. The Hall–Kier alpha value is -1.57. The number of nitrogens with one attached hydrogen (secondary N) is 1. The van der Waals surface area contributed by atoms with E-state index in [1.807, 2.05) is 12.3 Å². The average molecular weight is 333 g/mol. The molecule has 0 amide bonds. The highest BCUT2D eigenvalue weighted by Crippen LogP contribution is 2.27. The third-order valence-electron chi connectivity index (χ3n) is 4.06. The summed E-state index contributed by atoms with van der Waals surface area (Å²) in [6.07, 6.45) is 4.17. The molecular weight excluding hydrogens is 310 g/mol. The van der Waals surface area contributed by atoms with Crippen LogP contribution in [0.2, 0.25) is 0 Å². The van der Waals surface area contributed by atoms with Crippen molar-refractivity contribution in [3.63, 3.8) is 0 Å². The van der Waals surface area contributed by atoms with Crippen LogP contribution in [-0.4, -0.2) is 53.2 Å². The van der Waals surface area contributed by atoms with Gasteiger partial charge in [-0.3, -0.25) is 0 Å². The SMILES string of the molecule is COCCN1CCCC(c2cc(Nc3nccs3)nc(C)n2)C1. The van der Waals surface area contributed by atoms with E-state index in [1.165, 1.54) is 12.8 Å². The van der Waals surface area contributed by atoms with Crippen molar-refractivity contribution in [3.8, 4) is 0 Å². The highest BCUT2D eigenvalue weighted by Gasteiger charge is 2.23. The van der Waals surface area contributed by atoms with Gasteiger partial charge in [-0.15, -0.1) is 11.3 Å². The molecule has 3 rings (SSSR count). The molecule has 0 bridgehead atoms. The lowest BCUT2D eigenvalue weighted by Gasteiger charge is -2.32. The molecule has 124 valence electrons. The van der Waals surface area contributed by atoms with Gasteiger partial charge in [0.2, 0.25) is 0 Å². The second-order valence-corrected chi connectivity index (χ2v) is 6.71. The van der Waals surface area contributed by atoms with Gasteiger partial charge < -0.3 is 15.0 Å². The maximum atomic E-state index is 5.20. The summed E-state index contributed by atoms with van der Waals surface area (Å²) in [5, 5.41) is 6.08. The number of likely N-dealkylation sites (tertiary alicyclic amines) is 1. The van der Waals surface area contributed by atoms with Gasteiger partial charge in [-0.1, -0.05) is 0 Å². The Labute approximate surface area is 140 Å². The average Bonchev–Trinajstić information content (AvgIpc) is 3.05. The molecule has 0 spiro atoms. The van der Waals surface area contributed by atoms with Crippen LogP contribution in [0.25, 0.3) is 0 Å². The number of piperidine rings is 1. The van der Waals surface area contributed by atoms with Crippen LogP contribution >= 0.6 is 11.3 Å². The maximum absolute atomic E-state index is 5.20. The Balaban J connectivity index is 1.72. The van der Waals surface area contributed by atoms with Crippen LogP contribution in [0.4, 0.5) is 10.9 Å². The van der Waals surface area contributed by atoms with Gasteiger partial charge in [0.25, 0.3) is 0 Å². The zero-order valence-electron chi connectivity index (χ0n) is 13.7. The van der Waals surface area contributed by atoms with E-state index in [1.54, 1.807) is 24.6 Å². The third-order valence-corrected chi connectivity index (χ3v) is 4.75. The fourth-order valence-electron chi connectivity index (χ4n) is 2.98. The lowest BCUT2D eigenvalue weighted by Crippen LogP contribution is -2.36. The van der Waals surface area contributed by atoms with Gasteiger partial charge >= 0.3 is 0 Å². The molecule has 1 aliphatic rings. The van der Waals surface area contributed by atoms with Crippen molar-refractivity contribution in [2.75, 3.05) is 38.7 Å². The van der Waals surface area contributed by atoms with Gasteiger partial charge in [-0.05, 0) is 26.3 Å². The molecular formula is C16H23N5OS. The molecule has 6 nitrogen and oxygen atoms in total. The fourth-order valence-corrected chi connectivity index (χ4v) is 3.51. The molecule has 0 aliphatic carbocycles. The van der Waals surface area contributed by atoms with Crippen molar-refractivity contribution in [2.24, 2.45) is 0 Å². The molecule has 23 heavy (non-hydrogen) atoms. The predicted octanol–water partition coefficient (Wildman–Crippen LogP) is 2.81. The van der Waals surface area contributed by atoms with Gasteiger partial charge in [-0.25, -0.2) is 15.0 Å².